The van der Waals surface area contributed by atoms with E-state index in [0.29, 0.717) is 18.4 Å². The van der Waals surface area contributed by atoms with Crippen molar-refractivity contribution in [2.24, 2.45) is 0 Å². The van der Waals surface area contributed by atoms with Gasteiger partial charge in [-0.3, -0.25) is 9.69 Å². The number of hydrogen-bond donors (Lipinski definition) is 0. The predicted molar refractivity (Wildman–Crippen MR) is 93.5 cm³/mol. The summed E-state index contributed by atoms with van der Waals surface area (Å²) in [6.07, 6.45) is 1.68. The molecule has 24 heavy (non-hydrogen) atoms. The fourth-order valence-electron chi connectivity index (χ4n) is 3.84. The van der Waals surface area contributed by atoms with Gasteiger partial charge < -0.3 is 9.80 Å². The Morgan fingerprint density at radius 1 is 1.17 bits per heavy atom. The molecule has 2 saturated heterocycles. The molecular weight excluding hydrogens is 305 g/mol. The maximum Gasteiger partial charge on any atom is 0.223 e. The molecule has 2 fully saturated rings. The molecule has 0 unspecified atom stereocenters. The number of likely N-dealkylation sites (N-methyl/N-ethyl adjacent to an activating group) is 1. The van der Waals surface area contributed by atoms with E-state index in [1.54, 1.807) is 12.1 Å². The number of piperazine rings is 1. The van der Waals surface area contributed by atoms with Gasteiger partial charge in [-0.2, -0.15) is 0 Å². The second-order valence-electron chi connectivity index (χ2n) is 7.26. The Morgan fingerprint density at radius 2 is 1.83 bits per heavy atom. The fourth-order valence-corrected chi connectivity index (χ4v) is 3.84. The second kappa shape index (κ2) is 7.62. The minimum absolute atomic E-state index is 0.181. The first kappa shape index (κ1) is 17.4. The number of benzene rings is 1. The quantitative estimate of drug-likeness (QED) is 0.845. The van der Waals surface area contributed by atoms with Crippen LogP contribution in [-0.2, 0) is 4.79 Å². The standard InChI is InChI=1S/C19H28FN3O/c1-15-13-17(16-3-5-18(20)6-4-16)14-23(15)8-7-19(24)22-11-9-21(2)10-12-22/h3-6,15,17H,7-14H2,1-2H3/t15-,17+/m1/s1. The maximum absolute atomic E-state index is 13.1. The van der Waals surface area contributed by atoms with Gasteiger partial charge in [0, 0.05) is 51.7 Å². The van der Waals surface area contributed by atoms with Gasteiger partial charge in [-0.1, -0.05) is 12.1 Å². The first-order chi connectivity index (χ1) is 11.5. The number of nitrogens with zero attached hydrogens (tertiary/aromatic N) is 3. The van der Waals surface area contributed by atoms with E-state index in [1.165, 1.54) is 5.56 Å². The molecule has 0 radical (unpaired) electrons. The molecule has 2 aliphatic rings. The largest absolute Gasteiger partial charge is 0.340 e. The zero-order valence-electron chi connectivity index (χ0n) is 14.7. The highest BCUT2D eigenvalue weighted by Crippen LogP contribution is 2.31. The summed E-state index contributed by atoms with van der Waals surface area (Å²) in [6, 6.07) is 7.34. The average molecular weight is 333 g/mol. The molecule has 5 heteroatoms. The van der Waals surface area contributed by atoms with E-state index in [-0.39, 0.29) is 11.7 Å². The normalized spacial score (nSPS) is 26.0. The Hall–Kier alpha value is -1.46. The van der Waals surface area contributed by atoms with Crippen LogP contribution in [-0.4, -0.2) is 73.0 Å². The van der Waals surface area contributed by atoms with E-state index in [0.717, 1.165) is 45.7 Å². The molecule has 1 aromatic carbocycles. The van der Waals surface area contributed by atoms with Crippen LogP contribution in [0.3, 0.4) is 0 Å². The SMILES string of the molecule is C[C@@H]1C[C@H](c2ccc(F)cc2)CN1CCC(=O)N1CCN(C)CC1. The Balaban J connectivity index is 1.49. The summed E-state index contributed by atoms with van der Waals surface area (Å²) >= 11 is 0. The number of amides is 1. The molecule has 2 aliphatic heterocycles. The van der Waals surface area contributed by atoms with Gasteiger partial charge in [0.25, 0.3) is 0 Å². The van der Waals surface area contributed by atoms with Gasteiger partial charge in [0.2, 0.25) is 5.91 Å². The lowest BCUT2D eigenvalue weighted by Gasteiger charge is -2.33. The van der Waals surface area contributed by atoms with Crippen LogP contribution in [0.1, 0.15) is 31.2 Å². The minimum atomic E-state index is -0.181. The molecule has 2 heterocycles. The number of rotatable bonds is 4. The third-order valence-corrected chi connectivity index (χ3v) is 5.51. The van der Waals surface area contributed by atoms with Crippen LogP contribution in [0.2, 0.25) is 0 Å². The maximum atomic E-state index is 13.1. The highest BCUT2D eigenvalue weighted by molar-refractivity contribution is 5.76. The zero-order valence-corrected chi connectivity index (χ0v) is 14.7. The first-order valence-corrected chi connectivity index (χ1v) is 8.99. The van der Waals surface area contributed by atoms with Crippen molar-refractivity contribution < 1.29 is 9.18 Å². The van der Waals surface area contributed by atoms with Gasteiger partial charge in [0.15, 0.2) is 0 Å². The van der Waals surface area contributed by atoms with Gasteiger partial charge in [0.05, 0.1) is 0 Å². The minimum Gasteiger partial charge on any atom is -0.340 e. The number of carbonyl (C=O) groups is 1. The van der Waals surface area contributed by atoms with E-state index in [2.05, 4.69) is 23.8 Å². The van der Waals surface area contributed by atoms with Crippen LogP contribution in [0.25, 0.3) is 0 Å². The highest BCUT2D eigenvalue weighted by Gasteiger charge is 2.30. The van der Waals surface area contributed by atoms with Crippen LogP contribution in [0.15, 0.2) is 24.3 Å². The van der Waals surface area contributed by atoms with Crippen LogP contribution in [0.5, 0.6) is 0 Å². The summed E-state index contributed by atoms with van der Waals surface area (Å²) < 4.78 is 13.1. The van der Waals surface area contributed by atoms with Crippen LogP contribution in [0.4, 0.5) is 4.39 Å². The Kier molecular flexibility index (Phi) is 5.51. The van der Waals surface area contributed by atoms with Crippen LogP contribution >= 0.6 is 0 Å². The number of likely N-dealkylation sites (tertiary alicyclic amines) is 1. The number of halogens is 1. The molecule has 4 nitrogen and oxygen atoms in total. The third kappa shape index (κ3) is 4.14. The molecule has 132 valence electrons. The lowest BCUT2D eigenvalue weighted by atomic mass is 9.97. The van der Waals surface area contributed by atoms with Gasteiger partial charge in [-0.25, -0.2) is 4.39 Å². The fraction of sp³-hybridized carbons (Fsp3) is 0.632. The Bertz CT molecular complexity index is 554. The molecule has 0 N–H and O–H groups in total. The van der Waals surface area contributed by atoms with Crippen LogP contribution < -0.4 is 0 Å². The van der Waals surface area contributed by atoms with E-state index in [1.807, 2.05) is 17.0 Å². The molecule has 1 amide bonds. The summed E-state index contributed by atoms with van der Waals surface area (Å²) in [7, 11) is 2.10. The smallest absolute Gasteiger partial charge is 0.223 e. The van der Waals surface area contributed by atoms with Crippen molar-refractivity contribution in [3.63, 3.8) is 0 Å². The number of carbonyl (C=O) groups excluding carboxylic acids is 1. The van der Waals surface area contributed by atoms with E-state index in [9.17, 15) is 9.18 Å². The Labute approximate surface area is 144 Å². The molecule has 0 spiro atoms. The molecule has 1 aromatic rings. The molecule has 0 aromatic heterocycles. The third-order valence-electron chi connectivity index (χ3n) is 5.51. The summed E-state index contributed by atoms with van der Waals surface area (Å²) in [5.74, 6) is 0.541. The van der Waals surface area contributed by atoms with E-state index >= 15 is 0 Å². The van der Waals surface area contributed by atoms with Gasteiger partial charge in [-0.15, -0.1) is 0 Å². The van der Waals surface area contributed by atoms with Crippen molar-refractivity contribution >= 4 is 5.91 Å². The lowest BCUT2D eigenvalue weighted by Crippen LogP contribution is -2.47. The average Bonchev–Trinajstić information content (AvgIpc) is 2.95. The van der Waals surface area contributed by atoms with Crippen molar-refractivity contribution in [1.29, 1.82) is 0 Å². The molecule has 0 aliphatic carbocycles. The molecule has 0 bridgehead atoms. The monoisotopic (exact) mass is 333 g/mol. The van der Waals surface area contributed by atoms with Gasteiger partial charge in [0.1, 0.15) is 5.82 Å². The first-order valence-electron chi connectivity index (χ1n) is 8.99. The molecule has 2 atom stereocenters. The zero-order chi connectivity index (χ0) is 17.1. The van der Waals surface area contributed by atoms with Crippen molar-refractivity contribution in [2.45, 2.75) is 31.7 Å². The van der Waals surface area contributed by atoms with Crippen LogP contribution in [0, 0.1) is 5.82 Å². The van der Waals surface area contributed by atoms with Crippen molar-refractivity contribution in [1.82, 2.24) is 14.7 Å². The topological polar surface area (TPSA) is 26.8 Å². The summed E-state index contributed by atoms with van der Waals surface area (Å²) in [5.41, 5.74) is 1.20. The summed E-state index contributed by atoms with van der Waals surface area (Å²) in [4.78, 5) is 19.1. The van der Waals surface area contributed by atoms with E-state index in [4.69, 9.17) is 0 Å². The molecule has 0 saturated carbocycles. The lowest BCUT2D eigenvalue weighted by molar-refractivity contribution is -0.133. The molecule has 3 rings (SSSR count). The second-order valence-corrected chi connectivity index (χ2v) is 7.26. The van der Waals surface area contributed by atoms with Gasteiger partial charge >= 0.3 is 0 Å². The van der Waals surface area contributed by atoms with Gasteiger partial charge in [-0.05, 0) is 44.0 Å². The summed E-state index contributed by atoms with van der Waals surface area (Å²) in [6.45, 7) is 7.65. The van der Waals surface area contributed by atoms with Crippen molar-refractivity contribution in [2.75, 3.05) is 46.3 Å². The Morgan fingerprint density at radius 3 is 2.50 bits per heavy atom. The molecular formula is C19H28FN3O. The predicted octanol–water partition coefficient (Wildman–Crippen LogP) is 2.17. The number of hydrogen-bond acceptors (Lipinski definition) is 3. The highest BCUT2D eigenvalue weighted by atomic mass is 19.1. The van der Waals surface area contributed by atoms with E-state index < -0.39 is 0 Å². The van der Waals surface area contributed by atoms with Crippen molar-refractivity contribution in [3.8, 4) is 0 Å². The summed E-state index contributed by atoms with van der Waals surface area (Å²) in [5, 5.41) is 0. The van der Waals surface area contributed by atoms with Crippen molar-refractivity contribution in [3.05, 3.63) is 35.6 Å².